The average Bonchev–Trinajstić information content (AvgIpc) is 3.05. The summed E-state index contributed by atoms with van der Waals surface area (Å²) in [6.45, 7) is 3.26. The van der Waals surface area contributed by atoms with Gasteiger partial charge in [0.05, 0.1) is 0 Å². The molecule has 1 fully saturated rings. The van der Waals surface area contributed by atoms with Crippen molar-refractivity contribution >= 4 is 17.8 Å². The molecule has 1 aliphatic heterocycles. The van der Waals surface area contributed by atoms with Crippen LogP contribution in [0.3, 0.4) is 0 Å². The van der Waals surface area contributed by atoms with E-state index >= 15 is 0 Å². The normalized spacial score (nSPS) is 17.7. The summed E-state index contributed by atoms with van der Waals surface area (Å²) in [6, 6.07) is 14.6. The highest BCUT2D eigenvalue weighted by atomic mass is 19.1. The highest BCUT2D eigenvalue weighted by molar-refractivity contribution is 6.09. The van der Waals surface area contributed by atoms with Gasteiger partial charge in [-0.05, 0) is 31.0 Å². The second-order valence-electron chi connectivity index (χ2n) is 7.50. The molecular weight excluding hydrogens is 429 g/mol. The number of imide groups is 1. The summed E-state index contributed by atoms with van der Waals surface area (Å²) in [5.74, 6) is -2.38. The van der Waals surface area contributed by atoms with Crippen LogP contribution in [0.5, 0.6) is 0 Å². The van der Waals surface area contributed by atoms with Gasteiger partial charge in [-0.1, -0.05) is 49.4 Å². The maximum atomic E-state index is 14.3. The van der Waals surface area contributed by atoms with Crippen molar-refractivity contribution in [1.82, 2.24) is 25.5 Å². The second-order valence-corrected chi connectivity index (χ2v) is 7.50. The summed E-state index contributed by atoms with van der Waals surface area (Å²) < 4.78 is 15.4. The van der Waals surface area contributed by atoms with Gasteiger partial charge in [-0.3, -0.25) is 19.8 Å². The lowest BCUT2D eigenvalue weighted by Crippen LogP contribution is -2.49. The molecule has 2 heterocycles. The van der Waals surface area contributed by atoms with Gasteiger partial charge in [-0.15, -0.1) is 0 Å². The van der Waals surface area contributed by atoms with Crippen molar-refractivity contribution in [3.63, 3.8) is 0 Å². The molecule has 10 heteroatoms. The first-order chi connectivity index (χ1) is 15.8. The Bertz CT molecular complexity index is 1320. The van der Waals surface area contributed by atoms with Gasteiger partial charge < -0.3 is 5.32 Å². The minimum absolute atomic E-state index is 0.0353. The van der Waals surface area contributed by atoms with Crippen molar-refractivity contribution in [1.29, 1.82) is 0 Å². The van der Waals surface area contributed by atoms with Crippen LogP contribution in [0.4, 0.5) is 9.18 Å². The smallest absolute Gasteiger partial charge is 0.318 e. The molecule has 1 aliphatic rings. The summed E-state index contributed by atoms with van der Waals surface area (Å²) >= 11 is 0. The van der Waals surface area contributed by atoms with E-state index in [0.717, 1.165) is 10.7 Å². The summed E-state index contributed by atoms with van der Waals surface area (Å²) in [5.41, 5.74) is 0.355. The third-order valence-corrected chi connectivity index (χ3v) is 5.51. The van der Waals surface area contributed by atoms with Gasteiger partial charge in [0.2, 0.25) is 5.43 Å². The number of hydrogen-bond donors (Lipinski definition) is 2. The second kappa shape index (κ2) is 8.30. The number of nitrogens with zero attached hydrogens (tertiary/aromatic N) is 3. The fourth-order valence-corrected chi connectivity index (χ4v) is 3.77. The topological polar surface area (TPSA) is 113 Å². The van der Waals surface area contributed by atoms with Crippen LogP contribution < -0.4 is 16.2 Å². The Hall–Kier alpha value is -4.34. The lowest BCUT2D eigenvalue weighted by Gasteiger charge is -2.25. The molecule has 0 bridgehead atoms. The molecule has 1 atom stereocenters. The number of hydrogen-bond acceptors (Lipinski definition) is 5. The molecule has 1 aromatic heterocycles. The van der Waals surface area contributed by atoms with Gasteiger partial charge in [-0.2, -0.15) is 10.1 Å². The van der Waals surface area contributed by atoms with Crippen LogP contribution >= 0.6 is 0 Å². The van der Waals surface area contributed by atoms with Crippen LogP contribution in [0.1, 0.15) is 35.1 Å². The minimum Gasteiger partial charge on any atom is -0.318 e. The molecule has 3 aromatic rings. The molecular formula is C23H20FN5O4. The lowest BCUT2D eigenvalue weighted by molar-refractivity contribution is -0.133. The highest BCUT2D eigenvalue weighted by Crippen LogP contribution is 2.31. The van der Waals surface area contributed by atoms with E-state index in [9.17, 15) is 23.6 Å². The zero-order valence-electron chi connectivity index (χ0n) is 17.8. The largest absolute Gasteiger partial charge is 0.344 e. The van der Waals surface area contributed by atoms with Crippen molar-refractivity contribution in [3.8, 4) is 5.69 Å². The van der Waals surface area contributed by atoms with Crippen molar-refractivity contribution < 1.29 is 18.8 Å². The summed E-state index contributed by atoms with van der Waals surface area (Å²) in [5, 5.41) is 7.15. The molecule has 1 saturated heterocycles. The van der Waals surface area contributed by atoms with Crippen LogP contribution in [-0.4, -0.2) is 32.6 Å². The maximum Gasteiger partial charge on any atom is 0.344 e. The third kappa shape index (κ3) is 3.65. The van der Waals surface area contributed by atoms with Crippen molar-refractivity contribution in [3.05, 3.63) is 93.7 Å². The van der Waals surface area contributed by atoms with Crippen LogP contribution in [0.15, 0.2) is 65.5 Å². The number of aromatic nitrogens is 2. The Balaban J connectivity index is 1.67. The van der Waals surface area contributed by atoms with Gasteiger partial charge in [0.1, 0.15) is 17.0 Å². The number of para-hydroxylation sites is 1. The SMILES string of the molecule is CC[C@@]1(c2ccccc2)NC(=O)N(NC(=O)c2nn(-c3ccccc3F)c(C)cc2=O)C1=O. The van der Waals surface area contributed by atoms with Crippen LogP contribution in [0, 0.1) is 12.7 Å². The summed E-state index contributed by atoms with van der Waals surface area (Å²) in [4.78, 5) is 51.1. The predicted octanol–water partition coefficient (Wildman–Crippen LogP) is 2.18. The highest BCUT2D eigenvalue weighted by Gasteiger charge is 2.52. The number of amides is 4. The standard InChI is InChI=1S/C23H20FN5O4/c1-3-23(15-9-5-4-6-10-15)21(32)29(22(33)25-23)27-20(31)19-18(30)13-14(2)28(26-19)17-12-8-7-11-16(17)24/h4-13H,3H2,1-2H3,(H,25,33)(H,27,31)/t23-/m0/s1. The number of halogens is 1. The first-order valence-electron chi connectivity index (χ1n) is 10.2. The Morgan fingerprint density at radius 1 is 1.09 bits per heavy atom. The lowest BCUT2D eigenvalue weighted by atomic mass is 9.87. The molecule has 2 N–H and O–H groups in total. The van der Waals surface area contributed by atoms with Gasteiger partial charge in [0.15, 0.2) is 5.69 Å². The molecule has 33 heavy (non-hydrogen) atoms. The molecule has 0 aliphatic carbocycles. The molecule has 0 radical (unpaired) electrons. The molecule has 4 amide bonds. The zero-order valence-corrected chi connectivity index (χ0v) is 17.8. The average molecular weight is 449 g/mol. The molecule has 0 spiro atoms. The molecule has 2 aromatic carbocycles. The quantitative estimate of drug-likeness (QED) is 0.580. The van der Waals surface area contributed by atoms with E-state index in [2.05, 4.69) is 15.8 Å². The van der Waals surface area contributed by atoms with Gasteiger partial charge in [-0.25, -0.2) is 13.9 Å². The van der Waals surface area contributed by atoms with E-state index < -0.39 is 40.3 Å². The van der Waals surface area contributed by atoms with Crippen molar-refractivity contribution in [2.24, 2.45) is 0 Å². The number of carbonyl (C=O) groups excluding carboxylic acids is 3. The van der Waals surface area contributed by atoms with E-state index in [1.807, 2.05) is 0 Å². The number of rotatable bonds is 5. The molecule has 4 rings (SSSR count). The molecule has 168 valence electrons. The van der Waals surface area contributed by atoms with E-state index in [-0.39, 0.29) is 12.1 Å². The monoisotopic (exact) mass is 449 g/mol. The third-order valence-electron chi connectivity index (χ3n) is 5.51. The number of nitrogens with one attached hydrogen (secondary N) is 2. The predicted molar refractivity (Wildman–Crippen MR) is 116 cm³/mol. The minimum atomic E-state index is -1.36. The van der Waals surface area contributed by atoms with E-state index in [1.165, 1.54) is 25.1 Å². The number of carbonyl (C=O) groups is 3. The van der Waals surface area contributed by atoms with Crippen LogP contribution in [0.2, 0.25) is 0 Å². The molecule has 0 saturated carbocycles. The molecule has 9 nitrogen and oxygen atoms in total. The Morgan fingerprint density at radius 2 is 1.76 bits per heavy atom. The van der Waals surface area contributed by atoms with E-state index in [1.54, 1.807) is 43.3 Å². The molecule has 0 unspecified atom stereocenters. The Kier molecular flexibility index (Phi) is 5.50. The number of aryl methyl sites for hydroxylation is 1. The zero-order chi connectivity index (χ0) is 23.8. The summed E-state index contributed by atoms with van der Waals surface area (Å²) in [7, 11) is 0. The van der Waals surface area contributed by atoms with Crippen molar-refractivity contribution in [2.75, 3.05) is 0 Å². The van der Waals surface area contributed by atoms with Gasteiger partial charge in [0.25, 0.3) is 11.8 Å². The first-order valence-corrected chi connectivity index (χ1v) is 10.2. The van der Waals surface area contributed by atoms with E-state index in [4.69, 9.17) is 0 Å². The fraction of sp³-hybridized carbons (Fsp3) is 0.174. The van der Waals surface area contributed by atoms with Gasteiger partial charge >= 0.3 is 6.03 Å². The fourth-order valence-electron chi connectivity index (χ4n) is 3.77. The number of hydrazine groups is 1. The van der Waals surface area contributed by atoms with Crippen molar-refractivity contribution in [2.45, 2.75) is 25.8 Å². The van der Waals surface area contributed by atoms with Gasteiger partial charge in [0, 0.05) is 11.8 Å². The Morgan fingerprint density at radius 3 is 2.42 bits per heavy atom. The maximum absolute atomic E-state index is 14.3. The number of benzene rings is 2. The first kappa shape index (κ1) is 21.9. The Labute approximate surface area is 187 Å². The van der Waals surface area contributed by atoms with Crippen LogP contribution in [0.25, 0.3) is 5.69 Å². The van der Waals surface area contributed by atoms with Crippen LogP contribution in [-0.2, 0) is 10.3 Å². The summed E-state index contributed by atoms with van der Waals surface area (Å²) in [6.07, 6.45) is 0.233. The number of urea groups is 1. The van der Waals surface area contributed by atoms with E-state index in [0.29, 0.717) is 16.3 Å².